The average Bonchev–Trinajstić information content (AvgIpc) is 2.56. The lowest BCUT2D eigenvalue weighted by Gasteiger charge is -2.23. The Morgan fingerprint density at radius 3 is 2.15 bits per heavy atom. The largest absolute Gasteiger partial charge is 0.374 e. The van der Waals surface area contributed by atoms with E-state index in [0.29, 0.717) is 19.4 Å². The number of nitrogens with two attached hydrogens (primary N) is 1. The van der Waals surface area contributed by atoms with Gasteiger partial charge >= 0.3 is 6.03 Å². The van der Waals surface area contributed by atoms with Crippen molar-refractivity contribution in [3.63, 3.8) is 0 Å². The van der Waals surface area contributed by atoms with Crippen LogP contribution in [0.25, 0.3) is 0 Å². The summed E-state index contributed by atoms with van der Waals surface area (Å²) in [5.41, 5.74) is 4.93. The minimum Gasteiger partial charge on any atom is -0.374 e. The Kier molecular flexibility index (Phi) is 12.6. The van der Waals surface area contributed by atoms with Crippen LogP contribution < -0.4 is 27.0 Å². The number of nitrogens with one attached hydrogen (secondary N) is 4. The van der Waals surface area contributed by atoms with Crippen LogP contribution in [0.15, 0.2) is 0 Å². The Balaban J connectivity index is 4.31. The van der Waals surface area contributed by atoms with Crippen molar-refractivity contribution in [2.75, 3.05) is 13.1 Å². The molecule has 0 radical (unpaired) electrons. The van der Waals surface area contributed by atoms with Crippen molar-refractivity contribution in [3.05, 3.63) is 0 Å². The summed E-state index contributed by atoms with van der Waals surface area (Å²) in [6, 6.07) is -1.44. The molecule has 0 fully saturated rings. The van der Waals surface area contributed by atoms with E-state index < -0.39 is 24.2 Å². The Labute approximate surface area is 160 Å². The second-order valence-electron chi connectivity index (χ2n) is 6.55. The molecular weight excluding hydrogens is 354 g/mol. The number of primary amides is 1. The lowest BCUT2D eigenvalue weighted by molar-refractivity contribution is -0.132. The molecule has 0 heterocycles. The fourth-order valence-electron chi connectivity index (χ4n) is 2.31. The van der Waals surface area contributed by atoms with Crippen molar-refractivity contribution in [1.82, 2.24) is 21.3 Å². The molecule has 10 heteroatoms. The maximum atomic E-state index is 12.3. The lowest BCUT2D eigenvalue weighted by Crippen LogP contribution is -2.52. The van der Waals surface area contributed by atoms with Crippen molar-refractivity contribution >= 4 is 23.8 Å². The van der Waals surface area contributed by atoms with Crippen molar-refractivity contribution in [2.24, 2.45) is 11.7 Å². The summed E-state index contributed by atoms with van der Waals surface area (Å²) in [6.07, 6.45) is 0.343. The third-order valence-corrected chi connectivity index (χ3v) is 3.71. The number of aliphatic hydroxyl groups excluding tert-OH is 1. The maximum Gasteiger partial charge on any atom is 0.312 e. The molecule has 156 valence electrons. The summed E-state index contributed by atoms with van der Waals surface area (Å²) in [5.74, 6) is -1.11. The van der Waals surface area contributed by atoms with Crippen LogP contribution in [0.2, 0.25) is 0 Å². The van der Waals surface area contributed by atoms with Crippen LogP contribution in [-0.4, -0.2) is 54.2 Å². The Hall–Kier alpha value is -2.36. The van der Waals surface area contributed by atoms with E-state index in [2.05, 4.69) is 21.3 Å². The van der Waals surface area contributed by atoms with E-state index in [1.54, 1.807) is 13.8 Å². The normalized spacial score (nSPS) is 12.8. The summed E-state index contributed by atoms with van der Waals surface area (Å²) in [6.45, 7) is 6.21. The first-order chi connectivity index (χ1) is 12.7. The number of carbonyl (C=O) groups excluding carboxylic acids is 4. The molecule has 0 aliphatic carbocycles. The van der Waals surface area contributed by atoms with Crippen LogP contribution in [0.1, 0.15) is 52.9 Å². The number of rotatable bonds is 13. The van der Waals surface area contributed by atoms with Crippen LogP contribution >= 0.6 is 0 Å². The average molecular weight is 387 g/mol. The highest BCUT2D eigenvalue weighted by Crippen LogP contribution is 2.05. The van der Waals surface area contributed by atoms with Gasteiger partial charge in [0.2, 0.25) is 17.7 Å². The maximum absolute atomic E-state index is 12.3. The van der Waals surface area contributed by atoms with Gasteiger partial charge in [-0.3, -0.25) is 14.4 Å². The molecule has 0 spiro atoms. The van der Waals surface area contributed by atoms with E-state index in [1.165, 1.54) is 0 Å². The number of amides is 5. The van der Waals surface area contributed by atoms with Gasteiger partial charge in [0.25, 0.3) is 0 Å². The number of urea groups is 1. The van der Waals surface area contributed by atoms with Gasteiger partial charge in [0.05, 0.1) is 0 Å². The summed E-state index contributed by atoms with van der Waals surface area (Å²) >= 11 is 0. The first-order valence-electron chi connectivity index (χ1n) is 9.25. The zero-order valence-corrected chi connectivity index (χ0v) is 16.3. The molecule has 0 aromatic heterocycles. The molecule has 2 atom stereocenters. The minimum absolute atomic E-state index is 0.114. The van der Waals surface area contributed by atoms with E-state index in [1.807, 2.05) is 6.92 Å². The van der Waals surface area contributed by atoms with Crippen molar-refractivity contribution in [2.45, 2.75) is 65.1 Å². The molecule has 0 saturated heterocycles. The molecule has 0 bridgehead atoms. The number of carbonyl (C=O) groups is 4. The summed E-state index contributed by atoms with van der Waals surface area (Å²) in [4.78, 5) is 46.2. The summed E-state index contributed by atoms with van der Waals surface area (Å²) in [5, 5.41) is 20.0. The number of hydrogen-bond acceptors (Lipinski definition) is 5. The molecule has 5 amide bonds. The van der Waals surface area contributed by atoms with Crippen molar-refractivity contribution in [1.29, 1.82) is 0 Å². The zero-order valence-electron chi connectivity index (χ0n) is 16.3. The molecule has 0 aliphatic heterocycles. The highest BCUT2D eigenvalue weighted by atomic mass is 16.3. The first-order valence-corrected chi connectivity index (χ1v) is 9.25. The molecule has 0 aromatic carbocycles. The highest BCUT2D eigenvalue weighted by molar-refractivity contribution is 5.88. The topological polar surface area (TPSA) is 163 Å². The summed E-state index contributed by atoms with van der Waals surface area (Å²) < 4.78 is 0. The van der Waals surface area contributed by atoms with Gasteiger partial charge in [0, 0.05) is 25.9 Å². The smallest absolute Gasteiger partial charge is 0.312 e. The van der Waals surface area contributed by atoms with Gasteiger partial charge < -0.3 is 32.1 Å². The molecule has 27 heavy (non-hydrogen) atoms. The Morgan fingerprint density at radius 2 is 1.59 bits per heavy atom. The molecule has 10 nitrogen and oxygen atoms in total. The fraction of sp³-hybridized carbons (Fsp3) is 0.765. The van der Waals surface area contributed by atoms with Gasteiger partial charge in [-0.25, -0.2) is 4.79 Å². The molecule has 0 aromatic rings. The second-order valence-corrected chi connectivity index (χ2v) is 6.55. The van der Waals surface area contributed by atoms with Crippen LogP contribution in [0.3, 0.4) is 0 Å². The Morgan fingerprint density at radius 1 is 0.963 bits per heavy atom. The standard InChI is InChI=1S/C17H33N5O5/c1-4-19-12(23)7-5-8-13(24)21-15(11(2)3)16(26)22-14(25)9-6-10-20-17(18)27/h11,14-15,25H,4-10H2,1-3H3,(H,19,23)(H,21,24)(H,22,26)(H3,18,20,27)/t14-,15+/m1/s1. The van der Waals surface area contributed by atoms with E-state index >= 15 is 0 Å². The Bertz CT molecular complexity index is 498. The van der Waals surface area contributed by atoms with Gasteiger partial charge in [-0.2, -0.15) is 0 Å². The van der Waals surface area contributed by atoms with Gasteiger partial charge in [-0.15, -0.1) is 0 Å². The van der Waals surface area contributed by atoms with Crippen molar-refractivity contribution < 1.29 is 24.3 Å². The third kappa shape index (κ3) is 12.6. The van der Waals surface area contributed by atoms with Crippen LogP contribution in [-0.2, 0) is 14.4 Å². The molecule has 0 unspecified atom stereocenters. The van der Waals surface area contributed by atoms with E-state index in [0.717, 1.165) is 0 Å². The number of hydrogen-bond donors (Lipinski definition) is 6. The highest BCUT2D eigenvalue weighted by Gasteiger charge is 2.25. The van der Waals surface area contributed by atoms with Gasteiger partial charge in [0.1, 0.15) is 12.3 Å². The predicted octanol–water partition coefficient (Wildman–Crippen LogP) is -0.683. The monoisotopic (exact) mass is 387 g/mol. The minimum atomic E-state index is -1.09. The van der Waals surface area contributed by atoms with Gasteiger partial charge in [0.15, 0.2) is 0 Å². The third-order valence-electron chi connectivity index (χ3n) is 3.71. The molecule has 7 N–H and O–H groups in total. The molecular formula is C17H33N5O5. The molecule has 0 rings (SSSR count). The summed E-state index contributed by atoms with van der Waals surface area (Å²) in [7, 11) is 0. The zero-order chi connectivity index (χ0) is 20.8. The van der Waals surface area contributed by atoms with Crippen LogP contribution in [0, 0.1) is 5.92 Å². The van der Waals surface area contributed by atoms with Gasteiger partial charge in [-0.1, -0.05) is 13.8 Å². The van der Waals surface area contributed by atoms with E-state index in [-0.39, 0.29) is 43.5 Å². The second kappa shape index (κ2) is 13.8. The van der Waals surface area contributed by atoms with Crippen LogP contribution in [0.5, 0.6) is 0 Å². The SMILES string of the molecule is CCNC(=O)CCCC(=O)N[C@H](C(=O)N[C@H](O)CCCNC(N)=O)C(C)C. The first kappa shape index (κ1) is 24.6. The molecule has 0 aliphatic rings. The van der Waals surface area contributed by atoms with Crippen molar-refractivity contribution in [3.8, 4) is 0 Å². The predicted molar refractivity (Wildman–Crippen MR) is 100 cm³/mol. The van der Waals surface area contributed by atoms with E-state index in [4.69, 9.17) is 5.73 Å². The number of aliphatic hydroxyl groups is 1. The quantitative estimate of drug-likeness (QED) is 0.182. The van der Waals surface area contributed by atoms with E-state index in [9.17, 15) is 24.3 Å². The molecule has 0 saturated carbocycles. The fourth-order valence-corrected chi connectivity index (χ4v) is 2.31. The van der Waals surface area contributed by atoms with Crippen LogP contribution in [0.4, 0.5) is 4.79 Å². The lowest BCUT2D eigenvalue weighted by atomic mass is 10.0. The van der Waals surface area contributed by atoms with Gasteiger partial charge in [-0.05, 0) is 32.1 Å².